The van der Waals surface area contributed by atoms with Gasteiger partial charge in [-0.15, -0.1) is 0 Å². The number of fused-ring (bicyclic) bond motifs is 2. The SMILES string of the molecule is COCOc1ccc(OCOC)c2c1Nc1cc(Cl)ccc1S2. The van der Waals surface area contributed by atoms with E-state index in [9.17, 15) is 0 Å². The molecule has 3 rings (SSSR count). The minimum atomic E-state index is 0.166. The van der Waals surface area contributed by atoms with Crippen LogP contribution in [-0.2, 0) is 9.47 Å². The first-order valence-electron chi connectivity index (χ1n) is 6.88. The lowest BCUT2D eigenvalue weighted by Crippen LogP contribution is -2.08. The second-order valence-corrected chi connectivity index (χ2v) is 6.22. The summed E-state index contributed by atoms with van der Waals surface area (Å²) in [4.78, 5) is 2.00. The van der Waals surface area contributed by atoms with Crippen molar-refractivity contribution in [1.29, 1.82) is 0 Å². The summed E-state index contributed by atoms with van der Waals surface area (Å²) in [5.74, 6) is 1.41. The molecule has 0 unspecified atom stereocenters. The van der Waals surface area contributed by atoms with Gasteiger partial charge in [-0.3, -0.25) is 0 Å². The van der Waals surface area contributed by atoms with Gasteiger partial charge in [0.15, 0.2) is 13.6 Å². The van der Waals surface area contributed by atoms with Crippen molar-refractivity contribution < 1.29 is 18.9 Å². The van der Waals surface area contributed by atoms with Crippen LogP contribution >= 0.6 is 23.4 Å². The Kier molecular flexibility index (Phi) is 5.17. The monoisotopic (exact) mass is 353 g/mol. The smallest absolute Gasteiger partial charge is 0.188 e. The van der Waals surface area contributed by atoms with Gasteiger partial charge in [0, 0.05) is 24.1 Å². The first kappa shape index (κ1) is 16.3. The van der Waals surface area contributed by atoms with Crippen LogP contribution in [0.2, 0.25) is 5.02 Å². The Labute approximate surface area is 143 Å². The van der Waals surface area contributed by atoms with Gasteiger partial charge in [-0.2, -0.15) is 0 Å². The summed E-state index contributed by atoms with van der Waals surface area (Å²) in [6.07, 6.45) is 0. The normalized spacial score (nSPS) is 12.1. The molecule has 23 heavy (non-hydrogen) atoms. The van der Waals surface area contributed by atoms with E-state index in [2.05, 4.69) is 5.32 Å². The van der Waals surface area contributed by atoms with E-state index < -0.39 is 0 Å². The Morgan fingerprint density at radius 1 is 1.00 bits per heavy atom. The van der Waals surface area contributed by atoms with Crippen molar-refractivity contribution in [3.63, 3.8) is 0 Å². The van der Waals surface area contributed by atoms with Gasteiger partial charge in [0.2, 0.25) is 0 Å². The van der Waals surface area contributed by atoms with Crippen LogP contribution in [0.3, 0.4) is 0 Å². The van der Waals surface area contributed by atoms with Crippen LogP contribution < -0.4 is 14.8 Å². The standard InChI is InChI=1S/C16H16ClNO4S/c1-19-8-21-12-4-5-13(22-9-20-2)16-15(12)18-11-7-10(17)3-6-14(11)23-16/h3-7,18H,8-9H2,1-2H3. The number of hydrogen-bond donors (Lipinski definition) is 1. The third kappa shape index (κ3) is 3.50. The molecule has 0 saturated carbocycles. The average molecular weight is 354 g/mol. The Balaban J connectivity index is 2.00. The molecule has 0 radical (unpaired) electrons. The van der Waals surface area contributed by atoms with Crippen molar-refractivity contribution in [2.24, 2.45) is 0 Å². The minimum Gasteiger partial charge on any atom is -0.466 e. The van der Waals surface area contributed by atoms with E-state index in [0.29, 0.717) is 10.8 Å². The van der Waals surface area contributed by atoms with Gasteiger partial charge < -0.3 is 24.3 Å². The Bertz CT molecular complexity index is 711. The molecule has 0 atom stereocenters. The maximum atomic E-state index is 6.09. The molecule has 0 bridgehead atoms. The molecule has 0 aromatic heterocycles. The third-order valence-electron chi connectivity index (χ3n) is 3.16. The second kappa shape index (κ2) is 7.31. The van der Waals surface area contributed by atoms with Crippen LogP contribution in [0.5, 0.6) is 11.5 Å². The molecule has 2 aromatic carbocycles. The van der Waals surface area contributed by atoms with Crippen LogP contribution in [0.4, 0.5) is 11.4 Å². The highest BCUT2D eigenvalue weighted by atomic mass is 35.5. The van der Waals surface area contributed by atoms with Crippen LogP contribution in [0.25, 0.3) is 0 Å². The van der Waals surface area contributed by atoms with Crippen molar-refractivity contribution in [1.82, 2.24) is 0 Å². The Morgan fingerprint density at radius 2 is 1.70 bits per heavy atom. The number of benzene rings is 2. The highest BCUT2D eigenvalue weighted by molar-refractivity contribution is 7.99. The molecule has 0 fully saturated rings. The van der Waals surface area contributed by atoms with Gasteiger partial charge in [-0.25, -0.2) is 0 Å². The summed E-state index contributed by atoms with van der Waals surface area (Å²) < 4.78 is 21.3. The molecular weight excluding hydrogens is 338 g/mol. The zero-order valence-electron chi connectivity index (χ0n) is 12.7. The summed E-state index contributed by atoms with van der Waals surface area (Å²) in [5.41, 5.74) is 1.76. The highest BCUT2D eigenvalue weighted by Gasteiger charge is 2.23. The van der Waals surface area contributed by atoms with Crippen LogP contribution in [0.15, 0.2) is 40.1 Å². The molecule has 1 aliphatic heterocycles. The predicted octanol–water partition coefficient (Wildman–Crippen LogP) is 4.51. The molecule has 2 aromatic rings. The number of ether oxygens (including phenoxy) is 4. The van der Waals surface area contributed by atoms with Crippen molar-refractivity contribution in [3.8, 4) is 11.5 Å². The van der Waals surface area contributed by atoms with E-state index in [1.165, 1.54) is 0 Å². The fourth-order valence-corrected chi connectivity index (χ4v) is 3.41. The van der Waals surface area contributed by atoms with Gasteiger partial charge >= 0.3 is 0 Å². The van der Waals surface area contributed by atoms with E-state index >= 15 is 0 Å². The topological polar surface area (TPSA) is 49.0 Å². The molecule has 1 heterocycles. The second-order valence-electron chi connectivity index (χ2n) is 4.74. The van der Waals surface area contributed by atoms with Crippen LogP contribution in [-0.4, -0.2) is 27.8 Å². The lowest BCUT2D eigenvalue weighted by Gasteiger charge is -2.25. The van der Waals surface area contributed by atoms with E-state index in [-0.39, 0.29) is 13.6 Å². The number of halogens is 1. The summed E-state index contributed by atoms with van der Waals surface area (Å²) in [7, 11) is 3.17. The molecular formula is C16H16ClNO4S. The number of nitrogens with one attached hydrogen (secondary N) is 1. The fraction of sp³-hybridized carbons (Fsp3) is 0.250. The third-order valence-corrected chi connectivity index (χ3v) is 4.58. The van der Waals surface area contributed by atoms with Gasteiger partial charge in [-0.05, 0) is 30.3 Å². The van der Waals surface area contributed by atoms with E-state index in [1.54, 1.807) is 26.0 Å². The largest absolute Gasteiger partial charge is 0.466 e. The maximum absolute atomic E-state index is 6.09. The highest BCUT2D eigenvalue weighted by Crippen LogP contribution is 2.52. The van der Waals surface area contributed by atoms with Gasteiger partial charge in [0.05, 0.1) is 16.3 Å². The quantitative estimate of drug-likeness (QED) is 0.658. The number of methoxy groups -OCH3 is 2. The molecule has 0 saturated heterocycles. The minimum absolute atomic E-state index is 0.166. The van der Waals surface area contributed by atoms with Crippen molar-refractivity contribution in [2.75, 3.05) is 33.1 Å². The first-order chi connectivity index (χ1) is 11.2. The molecule has 0 aliphatic carbocycles. The first-order valence-corrected chi connectivity index (χ1v) is 8.07. The zero-order valence-corrected chi connectivity index (χ0v) is 14.3. The van der Waals surface area contributed by atoms with Gasteiger partial charge in [-0.1, -0.05) is 23.4 Å². The van der Waals surface area contributed by atoms with Gasteiger partial charge in [0.1, 0.15) is 11.5 Å². The van der Waals surface area contributed by atoms with Crippen molar-refractivity contribution >= 4 is 34.7 Å². The lowest BCUT2D eigenvalue weighted by atomic mass is 10.2. The summed E-state index contributed by atoms with van der Waals surface area (Å²) in [6, 6.07) is 9.42. The number of hydrogen-bond acceptors (Lipinski definition) is 6. The fourth-order valence-electron chi connectivity index (χ4n) is 2.18. The summed E-state index contributed by atoms with van der Waals surface area (Å²) in [5, 5.41) is 4.04. The van der Waals surface area contributed by atoms with E-state index in [0.717, 1.165) is 26.9 Å². The van der Waals surface area contributed by atoms with Crippen LogP contribution in [0, 0.1) is 0 Å². The lowest BCUT2D eigenvalue weighted by molar-refractivity contribution is 0.0470. The zero-order chi connectivity index (χ0) is 16.2. The van der Waals surface area contributed by atoms with E-state index in [1.807, 2.05) is 30.3 Å². The molecule has 122 valence electrons. The van der Waals surface area contributed by atoms with E-state index in [4.69, 9.17) is 30.5 Å². The molecule has 1 aliphatic rings. The van der Waals surface area contributed by atoms with Crippen molar-refractivity contribution in [3.05, 3.63) is 35.4 Å². The molecule has 0 amide bonds. The Morgan fingerprint density at radius 3 is 2.43 bits per heavy atom. The van der Waals surface area contributed by atoms with Gasteiger partial charge in [0.25, 0.3) is 0 Å². The molecule has 5 nitrogen and oxygen atoms in total. The summed E-state index contributed by atoms with van der Waals surface area (Å²) in [6.45, 7) is 0.345. The van der Waals surface area contributed by atoms with Crippen molar-refractivity contribution in [2.45, 2.75) is 9.79 Å². The average Bonchev–Trinajstić information content (AvgIpc) is 2.56. The van der Waals surface area contributed by atoms with Crippen LogP contribution in [0.1, 0.15) is 0 Å². The number of rotatable bonds is 6. The molecule has 1 N–H and O–H groups in total. The molecule has 0 spiro atoms. The summed E-state index contributed by atoms with van der Waals surface area (Å²) >= 11 is 7.68. The maximum Gasteiger partial charge on any atom is 0.188 e. The predicted molar refractivity (Wildman–Crippen MR) is 90.3 cm³/mol. The molecule has 7 heteroatoms. The Hall–Kier alpha value is -1.60. The number of anilines is 2.